The van der Waals surface area contributed by atoms with E-state index < -0.39 is 0 Å². The van der Waals surface area contributed by atoms with Crippen LogP contribution in [0.5, 0.6) is 0 Å². The normalized spacial score (nSPS) is 15.0. The summed E-state index contributed by atoms with van der Waals surface area (Å²) in [6.45, 7) is 6.40. The van der Waals surface area contributed by atoms with Gasteiger partial charge in [0, 0.05) is 42.4 Å². The SMILES string of the molecule is Cc1cccc(C(CC(=O)CCCN2CCCC2)c2cn(Cc3ccccc3)c3ccccc23)c1. The van der Waals surface area contributed by atoms with Gasteiger partial charge in [0.15, 0.2) is 0 Å². The number of aromatic nitrogens is 1. The van der Waals surface area contributed by atoms with Crippen molar-refractivity contribution in [3.05, 3.63) is 107 Å². The highest BCUT2D eigenvalue weighted by atomic mass is 16.1. The first-order valence-corrected chi connectivity index (χ1v) is 13.1. The van der Waals surface area contributed by atoms with Gasteiger partial charge in [-0.05, 0) is 68.6 Å². The molecule has 1 aliphatic heterocycles. The minimum atomic E-state index is 0.0658. The zero-order chi connectivity index (χ0) is 24.0. The van der Waals surface area contributed by atoms with Gasteiger partial charge in [0.25, 0.3) is 0 Å². The predicted octanol–water partition coefficient (Wildman–Crippen LogP) is 6.97. The van der Waals surface area contributed by atoms with Crippen LogP contribution in [0.3, 0.4) is 0 Å². The van der Waals surface area contributed by atoms with Gasteiger partial charge in [-0.15, -0.1) is 0 Å². The Morgan fingerprint density at radius 2 is 1.69 bits per heavy atom. The largest absolute Gasteiger partial charge is 0.343 e. The number of rotatable bonds is 10. The van der Waals surface area contributed by atoms with Crippen molar-refractivity contribution < 1.29 is 4.79 Å². The molecule has 1 unspecified atom stereocenters. The number of aryl methyl sites for hydroxylation is 1. The van der Waals surface area contributed by atoms with Crippen molar-refractivity contribution in [1.29, 1.82) is 0 Å². The summed E-state index contributed by atoms with van der Waals surface area (Å²) >= 11 is 0. The Hall–Kier alpha value is -3.17. The summed E-state index contributed by atoms with van der Waals surface area (Å²) < 4.78 is 2.35. The summed E-state index contributed by atoms with van der Waals surface area (Å²) in [5.41, 5.74) is 6.24. The van der Waals surface area contributed by atoms with Crippen molar-refractivity contribution in [2.24, 2.45) is 0 Å². The Morgan fingerprint density at radius 1 is 0.914 bits per heavy atom. The molecule has 3 heteroatoms. The third kappa shape index (κ3) is 5.74. The van der Waals surface area contributed by atoms with E-state index in [4.69, 9.17) is 0 Å². The fourth-order valence-electron chi connectivity index (χ4n) is 5.59. The van der Waals surface area contributed by atoms with Crippen molar-refractivity contribution in [2.45, 2.75) is 51.5 Å². The first-order valence-electron chi connectivity index (χ1n) is 13.1. The van der Waals surface area contributed by atoms with Crippen LogP contribution in [-0.4, -0.2) is 34.9 Å². The molecule has 35 heavy (non-hydrogen) atoms. The summed E-state index contributed by atoms with van der Waals surface area (Å²) in [6, 6.07) is 28.0. The van der Waals surface area contributed by atoms with Crippen molar-refractivity contribution >= 4 is 16.7 Å². The van der Waals surface area contributed by atoms with Crippen LogP contribution in [0.25, 0.3) is 10.9 Å². The number of fused-ring (bicyclic) bond motifs is 1. The lowest BCUT2D eigenvalue weighted by Gasteiger charge is -2.18. The maximum atomic E-state index is 13.3. The second-order valence-electron chi connectivity index (χ2n) is 10.1. The molecule has 3 nitrogen and oxygen atoms in total. The Labute approximate surface area is 209 Å². The third-order valence-electron chi connectivity index (χ3n) is 7.40. The molecular weight excluding hydrogens is 428 g/mol. The van der Waals surface area contributed by atoms with Gasteiger partial charge >= 0.3 is 0 Å². The number of benzene rings is 3. The molecule has 0 bridgehead atoms. The Morgan fingerprint density at radius 3 is 2.49 bits per heavy atom. The Balaban J connectivity index is 1.44. The highest BCUT2D eigenvalue weighted by Gasteiger charge is 2.23. The van der Waals surface area contributed by atoms with E-state index in [2.05, 4.69) is 101 Å². The number of carbonyl (C=O) groups is 1. The van der Waals surface area contributed by atoms with Gasteiger partial charge in [0.05, 0.1) is 0 Å². The average molecular weight is 465 g/mol. The number of nitrogens with zero attached hydrogens (tertiary/aromatic N) is 2. The molecule has 0 spiro atoms. The molecule has 0 radical (unpaired) electrons. The van der Waals surface area contributed by atoms with Gasteiger partial charge in [0.1, 0.15) is 5.78 Å². The number of likely N-dealkylation sites (tertiary alicyclic amines) is 1. The van der Waals surface area contributed by atoms with Crippen molar-refractivity contribution in [1.82, 2.24) is 9.47 Å². The summed E-state index contributed by atoms with van der Waals surface area (Å²) in [5, 5.41) is 1.25. The molecule has 1 aliphatic rings. The molecule has 5 rings (SSSR count). The maximum Gasteiger partial charge on any atom is 0.133 e. The minimum absolute atomic E-state index is 0.0658. The lowest BCUT2D eigenvalue weighted by molar-refractivity contribution is -0.119. The van der Waals surface area contributed by atoms with Crippen LogP contribution in [0, 0.1) is 6.92 Å². The van der Waals surface area contributed by atoms with Crippen LogP contribution in [0.1, 0.15) is 60.3 Å². The molecule has 4 aromatic rings. The summed E-state index contributed by atoms with van der Waals surface area (Å²) in [4.78, 5) is 15.8. The Kier molecular flexibility index (Phi) is 7.44. The summed E-state index contributed by atoms with van der Waals surface area (Å²) in [6.07, 6.45) is 7.09. The third-order valence-corrected chi connectivity index (χ3v) is 7.40. The molecule has 0 N–H and O–H groups in total. The van der Waals surface area contributed by atoms with E-state index in [0.717, 1.165) is 19.5 Å². The maximum absolute atomic E-state index is 13.3. The summed E-state index contributed by atoms with van der Waals surface area (Å²) in [7, 11) is 0. The molecule has 0 amide bonds. The lowest BCUT2D eigenvalue weighted by Crippen LogP contribution is -2.21. The van der Waals surface area contributed by atoms with Crippen LogP contribution in [0.4, 0.5) is 0 Å². The molecule has 3 aromatic carbocycles. The molecule has 180 valence electrons. The number of para-hydroxylation sites is 1. The highest BCUT2D eigenvalue weighted by Crippen LogP contribution is 2.36. The smallest absolute Gasteiger partial charge is 0.133 e. The zero-order valence-electron chi connectivity index (χ0n) is 20.8. The number of Topliss-reactive ketones (excluding diaryl/α,β-unsaturated/α-hetero) is 1. The number of hydrogen-bond acceptors (Lipinski definition) is 2. The second-order valence-corrected chi connectivity index (χ2v) is 10.1. The molecule has 0 aliphatic carbocycles. The van der Waals surface area contributed by atoms with E-state index in [-0.39, 0.29) is 5.92 Å². The molecule has 0 saturated carbocycles. The van der Waals surface area contributed by atoms with E-state index in [0.29, 0.717) is 18.6 Å². The molecule has 1 atom stereocenters. The molecule has 2 heterocycles. The van der Waals surface area contributed by atoms with Gasteiger partial charge in [-0.3, -0.25) is 4.79 Å². The van der Waals surface area contributed by atoms with E-state index in [1.165, 1.54) is 59.1 Å². The topological polar surface area (TPSA) is 25.2 Å². The fraction of sp³-hybridized carbons (Fsp3) is 0.344. The van der Waals surface area contributed by atoms with E-state index in [1.54, 1.807) is 0 Å². The van der Waals surface area contributed by atoms with Crippen molar-refractivity contribution in [2.75, 3.05) is 19.6 Å². The molecule has 1 aromatic heterocycles. The number of carbonyl (C=O) groups excluding carboxylic acids is 1. The number of hydrogen-bond donors (Lipinski definition) is 0. The highest BCUT2D eigenvalue weighted by molar-refractivity contribution is 5.87. The van der Waals surface area contributed by atoms with Gasteiger partial charge in [-0.2, -0.15) is 0 Å². The molecular formula is C32H36N2O. The average Bonchev–Trinajstić information content (AvgIpc) is 3.52. The van der Waals surface area contributed by atoms with Crippen LogP contribution in [-0.2, 0) is 11.3 Å². The lowest BCUT2D eigenvalue weighted by atomic mass is 9.85. The van der Waals surface area contributed by atoms with Gasteiger partial charge in [-0.1, -0.05) is 78.4 Å². The van der Waals surface area contributed by atoms with E-state index >= 15 is 0 Å². The van der Waals surface area contributed by atoms with Gasteiger partial charge < -0.3 is 9.47 Å². The summed E-state index contributed by atoms with van der Waals surface area (Å²) in [5.74, 6) is 0.437. The van der Waals surface area contributed by atoms with Crippen LogP contribution in [0.15, 0.2) is 85.1 Å². The second kappa shape index (κ2) is 11.0. The zero-order valence-corrected chi connectivity index (χ0v) is 20.8. The van der Waals surface area contributed by atoms with E-state index in [1.807, 2.05) is 0 Å². The monoisotopic (exact) mass is 464 g/mol. The first-order chi connectivity index (χ1) is 17.2. The van der Waals surface area contributed by atoms with Crippen molar-refractivity contribution in [3.63, 3.8) is 0 Å². The van der Waals surface area contributed by atoms with Crippen LogP contribution >= 0.6 is 0 Å². The van der Waals surface area contributed by atoms with E-state index in [9.17, 15) is 4.79 Å². The first kappa shape index (κ1) is 23.6. The minimum Gasteiger partial charge on any atom is -0.343 e. The molecule has 1 saturated heterocycles. The van der Waals surface area contributed by atoms with Gasteiger partial charge in [0.2, 0.25) is 0 Å². The standard InChI is InChI=1S/C32H36N2O/c1-25-11-9-14-27(21-25)30(22-28(35)15-10-20-33-18-7-8-19-33)31-24-34(23-26-12-3-2-4-13-26)32-17-6-5-16-29(31)32/h2-6,9,11-14,16-17,21,24,30H,7-8,10,15,18-20,22-23H2,1H3. The quantitative estimate of drug-likeness (QED) is 0.253. The van der Waals surface area contributed by atoms with Crippen LogP contribution < -0.4 is 0 Å². The predicted molar refractivity (Wildman–Crippen MR) is 145 cm³/mol. The van der Waals surface area contributed by atoms with Gasteiger partial charge in [-0.25, -0.2) is 0 Å². The molecule has 1 fully saturated rings. The fourth-order valence-corrected chi connectivity index (χ4v) is 5.59. The number of ketones is 1. The Bertz CT molecular complexity index is 1270. The van der Waals surface area contributed by atoms with Crippen LogP contribution in [0.2, 0.25) is 0 Å². The van der Waals surface area contributed by atoms with Crippen molar-refractivity contribution in [3.8, 4) is 0 Å².